The van der Waals surface area contributed by atoms with Crippen LogP contribution in [0.25, 0.3) is 5.65 Å². The number of rotatable bonds is 4. The lowest BCUT2D eigenvalue weighted by Gasteiger charge is -2.09. The van der Waals surface area contributed by atoms with Crippen molar-refractivity contribution in [3.8, 4) is 0 Å². The number of aryl methyl sites for hydroxylation is 1. The number of aromatic nitrogens is 6. The van der Waals surface area contributed by atoms with Crippen molar-refractivity contribution < 1.29 is 4.79 Å². The Labute approximate surface area is 139 Å². The third-order valence-electron chi connectivity index (χ3n) is 3.79. The second kappa shape index (κ2) is 6.26. The van der Waals surface area contributed by atoms with Crippen LogP contribution in [0.4, 0.5) is 10.5 Å². The number of amides is 2. The van der Waals surface area contributed by atoms with Crippen molar-refractivity contribution in [3.05, 3.63) is 35.8 Å². The van der Waals surface area contributed by atoms with Crippen LogP contribution >= 0.6 is 0 Å². The average Bonchev–Trinajstić information content (AvgIpc) is 3.10. The molecule has 2 amide bonds. The monoisotopic (exact) mass is 328 g/mol. The Hall–Kier alpha value is -2.97. The van der Waals surface area contributed by atoms with Crippen molar-refractivity contribution in [1.29, 1.82) is 0 Å². The lowest BCUT2D eigenvalue weighted by atomic mass is 10.2. The number of nitrogens with zero attached hydrogens (tertiary/aromatic N) is 6. The Kier molecular flexibility index (Phi) is 4.15. The van der Waals surface area contributed by atoms with Gasteiger partial charge in [0.25, 0.3) is 0 Å². The van der Waals surface area contributed by atoms with E-state index < -0.39 is 0 Å². The molecule has 0 aliphatic rings. The van der Waals surface area contributed by atoms with E-state index in [1.54, 1.807) is 6.07 Å². The van der Waals surface area contributed by atoms with Gasteiger partial charge in [-0.25, -0.2) is 4.79 Å². The molecular weight excluding hydrogens is 308 g/mol. The smallest absolute Gasteiger partial charge is 0.319 e. The summed E-state index contributed by atoms with van der Waals surface area (Å²) in [6.07, 6.45) is 1.82. The summed E-state index contributed by atoms with van der Waals surface area (Å²) in [5.41, 5.74) is 1.41. The van der Waals surface area contributed by atoms with Crippen LogP contribution in [-0.2, 0) is 13.6 Å². The number of hydrogen-bond donors (Lipinski definition) is 2. The van der Waals surface area contributed by atoms with E-state index in [4.69, 9.17) is 0 Å². The largest absolute Gasteiger partial charge is 0.331 e. The molecule has 0 aromatic carbocycles. The number of carbonyl (C=O) groups is 1. The minimum Gasteiger partial charge on any atom is -0.331 e. The topological polar surface area (TPSA) is 102 Å². The molecule has 3 aromatic rings. The minimum atomic E-state index is -0.311. The lowest BCUT2D eigenvalue weighted by molar-refractivity contribution is 0.251. The van der Waals surface area contributed by atoms with Crippen molar-refractivity contribution in [2.75, 3.05) is 5.32 Å². The van der Waals surface area contributed by atoms with E-state index in [9.17, 15) is 4.79 Å². The normalized spacial score (nSPS) is 11.2. The van der Waals surface area contributed by atoms with Gasteiger partial charge in [-0.15, -0.1) is 20.4 Å². The Morgan fingerprint density at radius 1 is 1.21 bits per heavy atom. The zero-order valence-corrected chi connectivity index (χ0v) is 14.1. The van der Waals surface area contributed by atoms with Gasteiger partial charge in [0.2, 0.25) is 0 Å². The molecule has 0 fully saturated rings. The molecule has 0 spiro atoms. The van der Waals surface area contributed by atoms with Gasteiger partial charge >= 0.3 is 6.03 Å². The van der Waals surface area contributed by atoms with Crippen LogP contribution < -0.4 is 10.6 Å². The molecule has 0 aliphatic carbocycles. The summed E-state index contributed by atoms with van der Waals surface area (Å²) in [4.78, 5) is 12.1. The summed E-state index contributed by atoms with van der Waals surface area (Å²) in [6.45, 7) is 6.25. The molecule has 3 rings (SSSR count). The second-order valence-corrected chi connectivity index (χ2v) is 5.89. The minimum absolute atomic E-state index is 0.239. The van der Waals surface area contributed by atoms with E-state index in [1.807, 2.05) is 49.0 Å². The lowest BCUT2D eigenvalue weighted by Crippen LogP contribution is -2.29. The summed E-state index contributed by atoms with van der Waals surface area (Å²) >= 11 is 0. The molecular formula is C15H20N8O. The van der Waals surface area contributed by atoms with E-state index in [1.165, 1.54) is 0 Å². The van der Waals surface area contributed by atoms with Gasteiger partial charge in [0, 0.05) is 19.2 Å². The third kappa shape index (κ3) is 3.05. The van der Waals surface area contributed by atoms with Crippen molar-refractivity contribution in [2.24, 2.45) is 7.05 Å². The zero-order valence-electron chi connectivity index (χ0n) is 14.1. The molecule has 2 N–H and O–H groups in total. The van der Waals surface area contributed by atoms with Gasteiger partial charge in [-0.1, -0.05) is 13.8 Å². The van der Waals surface area contributed by atoms with Crippen molar-refractivity contribution >= 4 is 17.4 Å². The van der Waals surface area contributed by atoms with Gasteiger partial charge < -0.3 is 15.2 Å². The van der Waals surface area contributed by atoms with Crippen LogP contribution in [-0.4, -0.2) is 35.4 Å². The molecule has 0 bridgehead atoms. The highest BCUT2D eigenvalue weighted by atomic mass is 16.2. The number of fused-ring (bicyclic) bond motifs is 1. The molecule has 0 saturated heterocycles. The molecule has 9 heteroatoms. The fraction of sp³-hybridized carbons (Fsp3) is 0.400. The molecule has 9 nitrogen and oxygen atoms in total. The van der Waals surface area contributed by atoms with Gasteiger partial charge in [-0.3, -0.25) is 4.40 Å². The summed E-state index contributed by atoms with van der Waals surface area (Å²) < 4.78 is 3.71. The van der Waals surface area contributed by atoms with Crippen LogP contribution in [0.15, 0.2) is 18.3 Å². The first kappa shape index (κ1) is 15.9. The standard InChI is InChI=1S/C15H20N8O/c1-9(2)14-21-19-12-6-5-11(8-23(12)14)17-15(24)16-7-13-20-18-10(3)22(13)4/h5-6,8-9H,7H2,1-4H3,(H2,16,17,24). The van der Waals surface area contributed by atoms with Gasteiger partial charge in [-0.2, -0.15) is 0 Å². The van der Waals surface area contributed by atoms with Crippen LogP contribution in [0.5, 0.6) is 0 Å². The fourth-order valence-corrected chi connectivity index (χ4v) is 2.32. The van der Waals surface area contributed by atoms with Crippen LogP contribution in [0, 0.1) is 6.92 Å². The fourth-order valence-electron chi connectivity index (χ4n) is 2.32. The van der Waals surface area contributed by atoms with Gasteiger partial charge in [0.15, 0.2) is 11.5 Å². The predicted molar refractivity (Wildman–Crippen MR) is 88.7 cm³/mol. The number of carbonyl (C=O) groups excluding carboxylic acids is 1. The summed E-state index contributed by atoms with van der Waals surface area (Å²) in [6, 6.07) is 3.30. The Morgan fingerprint density at radius 3 is 2.67 bits per heavy atom. The maximum absolute atomic E-state index is 12.1. The van der Waals surface area contributed by atoms with Gasteiger partial charge in [-0.05, 0) is 19.1 Å². The highest BCUT2D eigenvalue weighted by molar-refractivity contribution is 5.89. The molecule has 0 radical (unpaired) electrons. The molecule has 0 atom stereocenters. The Morgan fingerprint density at radius 2 is 2.00 bits per heavy atom. The maximum Gasteiger partial charge on any atom is 0.319 e. The molecule has 0 unspecified atom stereocenters. The first-order chi connectivity index (χ1) is 11.5. The van der Waals surface area contributed by atoms with Gasteiger partial charge in [0.1, 0.15) is 11.6 Å². The van der Waals surface area contributed by atoms with E-state index >= 15 is 0 Å². The van der Waals surface area contributed by atoms with Crippen molar-refractivity contribution in [1.82, 2.24) is 34.7 Å². The molecule has 3 heterocycles. The van der Waals surface area contributed by atoms with Crippen molar-refractivity contribution in [2.45, 2.75) is 33.2 Å². The average molecular weight is 328 g/mol. The summed E-state index contributed by atoms with van der Waals surface area (Å²) in [5, 5.41) is 21.8. The molecule has 126 valence electrons. The Balaban J connectivity index is 1.69. The molecule has 0 saturated carbocycles. The van der Waals surface area contributed by atoms with Crippen molar-refractivity contribution in [3.63, 3.8) is 0 Å². The van der Waals surface area contributed by atoms with Gasteiger partial charge in [0.05, 0.1) is 12.2 Å². The molecule has 3 aromatic heterocycles. The Bertz CT molecular complexity index is 879. The van der Waals surface area contributed by atoms with Crippen LogP contribution in [0.1, 0.15) is 37.2 Å². The first-order valence-corrected chi connectivity index (χ1v) is 7.70. The highest BCUT2D eigenvalue weighted by Crippen LogP contribution is 2.16. The predicted octanol–water partition coefficient (Wildman–Crippen LogP) is 1.61. The number of hydrogen-bond acceptors (Lipinski definition) is 5. The third-order valence-corrected chi connectivity index (χ3v) is 3.79. The maximum atomic E-state index is 12.1. The molecule has 0 aliphatic heterocycles. The number of pyridine rings is 1. The number of anilines is 1. The molecule has 24 heavy (non-hydrogen) atoms. The van der Waals surface area contributed by atoms with Crippen LogP contribution in [0.2, 0.25) is 0 Å². The van der Waals surface area contributed by atoms with E-state index in [2.05, 4.69) is 31.0 Å². The second-order valence-electron chi connectivity index (χ2n) is 5.89. The SMILES string of the molecule is Cc1nnc(CNC(=O)Nc2ccc3nnc(C(C)C)n3c2)n1C. The van der Waals surface area contributed by atoms with Crippen LogP contribution in [0.3, 0.4) is 0 Å². The number of nitrogens with one attached hydrogen (secondary N) is 2. The first-order valence-electron chi connectivity index (χ1n) is 7.70. The summed E-state index contributed by atoms with van der Waals surface area (Å²) in [7, 11) is 1.86. The summed E-state index contributed by atoms with van der Waals surface area (Å²) in [5.74, 6) is 2.58. The van der Waals surface area contributed by atoms with E-state index in [0.717, 1.165) is 17.3 Å². The zero-order chi connectivity index (χ0) is 17.3. The highest BCUT2D eigenvalue weighted by Gasteiger charge is 2.11. The quantitative estimate of drug-likeness (QED) is 0.757. The number of urea groups is 1. The van der Waals surface area contributed by atoms with E-state index in [-0.39, 0.29) is 11.9 Å². The van der Waals surface area contributed by atoms with E-state index in [0.29, 0.717) is 18.1 Å².